The summed E-state index contributed by atoms with van der Waals surface area (Å²) in [5.41, 5.74) is 5.04. The van der Waals surface area contributed by atoms with Gasteiger partial charge in [-0.3, -0.25) is 0 Å². The van der Waals surface area contributed by atoms with E-state index in [9.17, 15) is 0 Å². The van der Waals surface area contributed by atoms with E-state index in [0.29, 0.717) is 11.3 Å². The lowest BCUT2D eigenvalue weighted by molar-refractivity contribution is -0.00519. The van der Waals surface area contributed by atoms with Crippen molar-refractivity contribution in [3.05, 3.63) is 68.8 Å². The lowest BCUT2D eigenvalue weighted by atomic mass is 9.48. The predicted octanol–water partition coefficient (Wildman–Crippen LogP) is 6.91. The highest BCUT2D eigenvalue weighted by Crippen LogP contribution is 2.60. The minimum atomic E-state index is 0.474. The van der Waals surface area contributed by atoms with Crippen LogP contribution in [0, 0.1) is 21.3 Å². The molecule has 6 rings (SSSR count). The Morgan fingerprint density at radius 1 is 0.760 bits per heavy atom. The van der Waals surface area contributed by atoms with Crippen LogP contribution < -0.4 is 0 Å². The van der Waals surface area contributed by atoms with Gasteiger partial charge in [-0.05, 0) is 113 Å². The maximum Gasteiger partial charge on any atom is 0.0130 e. The van der Waals surface area contributed by atoms with E-state index in [1.54, 1.807) is 5.56 Å². The molecule has 25 heavy (non-hydrogen) atoms. The van der Waals surface area contributed by atoms with E-state index in [4.69, 9.17) is 0 Å². The molecule has 4 aliphatic rings. The molecule has 2 aromatic carbocycles. The number of halogens is 1. The van der Waals surface area contributed by atoms with Gasteiger partial charge in [0.25, 0.3) is 0 Å². The fourth-order valence-electron chi connectivity index (χ4n) is 6.53. The Morgan fingerprint density at radius 2 is 1.20 bits per heavy atom. The van der Waals surface area contributed by atoms with Gasteiger partial charge in [-0.2, -0.15) is 0 Å². The van der Waals surface area contributed by atoms with Gasteiger partial charge >= 0.3 is 0 Å². The fourth-order valence-corrected chi connectivity index (χ4v) is 6.89. The molecule has 0 heterocycles. The second-order valence-corrected chi connectivity index (χ2v) is 10.3. The lowest BCUT2D eigenvalue weighted by Crippen LogP contribution is -2.48. The summed E-state index contributed by atoms with van der Waals surface area (Å²) in [5.74, 6) is 3.55. The van der Waals surface area contributed by atoms with Crippen molar-refractivity contribution in [2.75, 3.05) is 0 Å². The van der Waals surface area contributed by atoms with Crippen LogP contribution in [0.3, 0.4) is 0 Å². The van der Waals surface area contributed by atoms with E-state index in [1.165, 1.54) is 53.2 Å². The highest BCUT2D eigenvalue weighted by Gasteiger charge is 2.51. The summed E-state index contributed by atoms with van der Waals surface area (Å²) in [6.45, 7) is 2.34. The number of hydrogen-bond donors (Lipinski definition) is 0. The topological polar surface area (TPSA) is 0 Å². The average Bonchev–Trinajstić information content (AvgIpc) is 2.61. The maximum absolute atomic E-state index is 2.48. The van der Waals surface area contributed by atoms with E-state index in [2.05, 4.69) is 78.0 Å². The molecule has 130 valence electrons. The molecule has 0 N–H and O–H groups in total. The average molecular weight is 442 g/mol. The quantitative estimate of drug-likeness (QED) is 0.453. The van der Waals surface area contributed by atoms with E-state index < -0.39 is 0 Å². The zero-order chi connectivity index (χ0) is 17.0. The van der Waals surface area contributed by atoms with Gasteiger partial charge in [-0.1, -0.05) is 43.3 Å². The monoisotopic (exact) mass is 442 g/mol. The molecule has 4 saturated carbocycles. The van der Waals surface area contributed by atoms with Crippen molar-refractivity contribution in [1.29, 1.82) is 0 Å². The number of rotatable bonds is 3. The van der Waals surface area contributed by atoms with Crippen molar-refractivity contribution in [2.45, 2.75) is 56.8 Å². The van der Waals surface area contributed by atoms with E-state index in [0.717, 1.165) is 17.8 Å². The molecule has 0 nitrogen and oxygen atoms in total. The first-order chi connectivity index (χ1) is 12.1. The highest BCUT2D eigenvalue weighted by molar-refractivity contribution is 14.1. The molecule has 0 radical (unpaired) electrons. The van der Waals surface area contributed by atoms with Gasteiger partial charge in [-0.25, -0.2) is 0 Å². The van der Waals surface area contributed by atoms with Crippen molar-refractivity contribution < 1.29 is 0 Å². The molecule has 1 heteroatoms. The molecule has 0 amide bonds. The molecule has 2 aromatic rings. The van der Waals surface area contributed by atoms with E-state index in [-0.39, 0.29) is 0 Å². The van der Waals surface area contributed by atoms with Gasteiger partial charge in [0, 0.05) is 9.49 Å². The van der Waals surface area contributed by atoms with Crippen LogP contribution in [-0.2, 0) is 5.41 Å². The summed E-state index contributed by atoms with van der Waals surface area (Å²) in [6, 6.07) is 18.8. The summed E-state index contributed by atoms with van der Waals surface area (Å²) in [5, 5.41) is 0. The predicted molar refractivity (Wildman–Crippen MR) is 113 cm³/mol. The summed E-state index contributed by atoms with van der Waals surface area (Å²) in [7, 11) is 0. The normalized spacial score (nSPS) is 34.2. The third-order valence-electron chi connectivity index (χ3n) is 7.43. The van der Waals surface area contributed by atoms with Crippen LogP contribution in [0.1, 0.15) is 68.1 Å². The Bertz CT molecular complexity index is 720. The fraction of sp³-hybridized carbons (Fsp3) is 0.500. The van der Waals surface area contributed by atoms with Gasteiger partial charge in [0.05, 0.1) is 0 Å². The second-order valence-electron chi connectivity index (χ2n) is 9.09. The molecular weight excluding hydrogens is 415 g/mol. The van der Waals surface area contributed by atoms with Crippen molar-refractivity contribution in [3.8, 4) is 0 Å². The van der Waals surface area contributed by atoms with Crippen LogP contribution in [-0.4, -0.2) is 0 Å². The smallest absolute Gasteiger partial charge is 0.0130 e. The molecule has 0 aliphatic heterocycles. The standard InChI is InChI=1S/C24H27I/c1-16(21-4-8-23(25)9-5-21)20-2-6-22(7-3-20)24-13-17-10-18(14-24)12-19(11-17)15-24/h2-9,16-19H,10-15H2,1H3. The third kappa shape index (κ3) is 2.87. The van der Waals surface area contributed by atoms with Crippen LogP contribution in [0.15, 0.2) is 48.5 Å². The summed E-state index contributed by atoms with van der Waals surface area (Å²) < 4.78 is 1.31. The van der Waals surface area contributed by atoms with E-state index >= 15 is 0 Å². The molecular formula is C24H27I. The van der Waals surface area contributed by atoms with E-state index in [1.807, 2.05) is 0 Å². The third-order valence-corrected chi connectivity index (χ3v) is 8.15. The Morgan fingerprint density at radius 3 is 1.68 bits per heavy atom. The SMILES string of the molecule is CC(c1ccc(I)cc1)c1ccc(C23CC4CC(CC(C4)C2)C3)cc1. The Balaban J connectivity index is 1.41. The van der Waals surface area contributed by atoms with Gasteiger partial charge in [-0.15, -0.1) is 0 Å². The van der Waals surface area contributed by atoms with Crippen molar-refractivity contribution in [3.63, 3.8) is 0 Å². The van der Waals surface area contributed by atoms with Crippen molar-refractivity contribution >= 4 is 22.6 Å². The molecule has 4 bridgehead atoms. The van der Waals surface area contributed by atoms with Gasteiger partial charge < -0.3 is 0 Å². The Labute approximate surface area is 165 Å². The first-order valence-electron chi connectivity index (χ1n) is 9.97. The first-order valence-corrected chi connectivity index (χ1v) is 11.1. The highest BCUT2D eigenvalue weighted by atomic mass is 127. The molecule has 4 fully saturated rings. The van der Waals surface area contributed by atoms with Gasteiger partial charge in [0.2, 0.25) is 0 Å². The Hall–Kier alpha value is -0.830. The van der Waals surface area contributed by atoms with Gasteiger partial charge in [0.15, 0.2) is 0 Å². The molecule has 0 spiro atoms. The van der Waals surface area contributed by atoms with Crippen LogP contribution in [0.2, 0.25) is 0 Å². The molecule has 0 aromatic heterocycles. The van der Waals surface area contributed by atoms with Crippen LogP contribution >= 0.6 is 22.6 Å². The molecule has 0 saturated heterocycles. The number of hydrogen-bond acceptors (Lipinski definition) is 0. The Kier molecular flexibility index (Phi) is 4.00. The van der Waals surface area contributed by atoms with Crippen LogP contribution in [0.5, 0.6) is 0 Å². The minimum Gasteiger partial charge on any atom is -0.0582 e. The first kappa shape index (κ1) is 16.4. The lowest BCUT2D eigenvalue weighted by Gasteiger charge is -2.57. The summed E-state index contributed by atoms with van der Waals surface area (Å²) in [6.07, 6.45) is 8.98. The van der Waals surface area contributed by atoms with Crippen molar-refractivity contribution in [1.82, 2.24) is 0 Å². The van der Waals surface area contributed by atoms with Crippen LogP contribution in [0.4, 0.5) is 0 Å². The molecule has 4 aliphatic carbocycles. The molecule has 1 atom stereocenters. The van der Waals surface area contributed by atoms with Crippen LogP contribution in [0.25, 0.3) is 0 Å². The zero-order valence-corrected chi connectivity index (χ0v) is 17.2. The second kappa shape index (κ2) is 6.11. The van der Waals surface area contributed by atoms with Crippen molar-refractivity contribution in [2.24, 2.45) is 17.8 Å². The summed E-state index contributed by atoms with van der Waals surface area (Å²) in [4.78, 5) is 0. The largest absolute Gasteiger partial charge is 0.0582 e. The summed E-state index contributed by atoms with van der Waals surface area (Å²) >= 11 is 2.38. The number of benzene rings is 2. The zero-order valence-electron chi connectivity index (χ0n) is 15.0. The minimum absolute atomic E-state index is 0.474. The maximum atomic E-state index is 2.48. The van der Waals surface area contributed by atoms with Gasteiger partial charge in [0.1, 0.15) is 0 Å². The molecule has 1 unspecified atom stereocenters.